The van der Waals surface area contributed by atoms with Gasteiger partial charge in [0, 0.05) is 11.6 Å². The Morgan fingerprint density at radius 3 is 2.32 bits per heavy atom. The van der Waals surface area contributed by atoms with Crippen LogP contribution in [0.3, 0.4) is 0 Å². The maximum absolute atomic E-state index is 5.86. The fourth-order valence-corrected chi connectivity index (χ4v) is 2.24. The Hall–Kier alpha value is -2.17. The van der Waals surface area contributed by atoms with Crippen molar-refractivity contribution in [1.82, 2.24) is 15.5 Å². The Balaban J connectivity index is 1.50. The average molecular weight is 314 g/mol. The summed E-state index contributed by atoms with van der Waals surface area (Å²) in [6.07, 6.45) is 0.658. The zero-order chi connectivity index (χ0) is 15.2. The van der Waals surface area contributed by atoms with Gasteiger partial charge in [0.25, 0.3) is 0 Å². The fraction of sp³-hybridized carbons (Fsp3) is 0.176. The Morgan fingerprint density at radius 1 is 0.818 bits per heavy atom. The number of hydrogen-bond donors (Lipinski definition) is 1. The predicted molar refractivity (Wildman–Crippen MR) is 85.5 cm³/mol. The minimum absolute atomic E-state index is 0.546. The molecule has 0 saturated heterocycles. The highest BCUT2D eigenvalue weighted by Crippen LogP contribution is 2.10. The molecule has 0 aliphatic carbocycles. The van der Waals surface area contributed by atoms with Gasteiger partial charge in [0.2, 0.25) is 11.8 Å². The average Bonchev–Trinajstić information content (AvgIpc) is 2.98. The summed E-state index contributed by atoms with van der Waals surface area (Å²) in [5.41, 5.74) is 2.32. The van der Waals surface area contributed by atoms with Crippen LogP contribution in [0, 0.1) is 0 Å². The van der Waals surface area contributed by atoms with Gasteiger partial charge in [-0.25, -0.2) is 0 Å². The summed E-state index contributed by atoms with van der Waals surface area (Å²) >= 11 is 5.86. The van der Waals surface area contributed by atoms with Crippen LogP contribution in [0.5, 0.6) is 0 Å². The first kappa shape index (κ1) is 14.8. The number of hydrogen-bond acceptors (Lipinski definition) is 4. The molecule has 22 heavy (non-hydrogen) atoms. The van der Waals surface area contributed by atoms with Crippen molar-refractivity contribution in [2.45, 2.75) is 19.5 Å². The third-order valence-corrected chi connectivity index (χ3v) is 3.48. The highest BCUT2D eigenvalue weighted by atomic mass is 35.5. The van der Waals surface area contributed by atoms with Gasteiger partial charge in [-0.3, -0.25) is 0 Å². The van der Waals surface area contributed by atoms with E-state index >= 15 is 0 Å². The van der Waals surface area contributed by atoms with E-state index in [9.17, 15) is 0 Å². The normalized spacial score (nSPS) is 10.8. The molecule has 0 unspecified atom stereocenters. The SMILES string of the molecule is Clc1ccc(CNCc2nnc(Cc3ccccc3)o2)cc1. The van der Waals surface area contributed by atoms with Gasteiger partial charge in [-0.2, -0.15) is 0 Å². The number of benzene rings is 2. The number of nitrogens with zero attached hydrogens (tertiary/aromatic N) is 2. The van der Waals surface area contributed by atoms with Gasteiger partial charge in [0.15, 0.2) is 0 Å². The second-order valence-corrected chi connectivity index (χ2v) is 5.42. The summed E-state index contributed by atoms with van der Waals surface area (Å²) in [5.74, 6) is 1.23. The smallest absolute Gasteiger partial charge is 0.230 e. The molecule has 112 valence electrons. The summed E-state index contributed by atoms with van der Waals surface area (Å²) in [6, 6.07) is 17.8. The van der Waals surface area contributed by atoms with Crippen LogP contribution in [0.2, 0.25) is 5.02 Å². The van der Waals surface area contributed by atoms with E-state index in [0.717, 1.165) is 22.7 Å². The molecule has 2 aromatic carbocycles. The zero-order valence-corrected chi connectivity index (χ0v) is 12.8. The van der Waals surface area contributed by atoms with E-state index in [-0.39, 0.29) is 0 Å². The number of halogens is 1. The first-order chi connectivity index (χ1) is 10.8. The predicted octanol–water partition coefficient (Wildman–Crippen LogP) is 3.60. The topological polar surface area (TPSA) is 51.0 Å². The molecule has 1 aromatic heterocycles. The highest BCUT2D eigenvalue weighted by Gasteiger charge is 2.06. The monoisotopic (exact) mass is 313 g/mol. The molecular formula is C17H16ClN3O. The third-order valence-electron chi connectivity index (χ3n) is 3.23. The summed E-state index contributed by atoms with van der Waals surface area (Å²) in [7, 11) is 0. The van der Waals surface area contributed by atoms with Crippen molar-refractivity contribution in [2.24, 2.45) is 0 Å². The van der Waals surface area contributed by atoms with Crippen LogP contribution in [0.25, 0.3) is 0 Å². The highest BCUT2D eigenvalue weighted by molar-refractivity contribution is 6.30. The van der Waals surface area contributed by atoms with Crippen LogP contribution >= 0.6 is 11.6 Å². The summed E-state index contributed by atoms with van der Waals surface area (Å²) in [4.78, 5) is 0. The second-order valence-electron chi connectivity index (χ2n) is 4.98. The van der Waals surface area contributed by atoms with Crippen LogP contribution in [0.4, 0.5) is 0 Å². The number of nitrogens with one attached hydrogen (secondary N) is 1. The number of aromatic nitrogens is 2. The largest absolute Gasteiger partial charge is 0.424 e. The Morgan fingerprint density at radius 2 is 1.55 bits per heavy atom. The van der Waals surface area contributed by atoms with E-state index in [2.05, 4.69) is 15.5 Å². The third kappa shape index (κ3) is 4.16. The van der Waals surface area contributed by atoms with Gasteiger partial charge in [-0.05, 0) is 23.3 Å². The second kappa shape index (κ2) is 7.20. The molecule has 3 rings (SSSR count). The van der Waals surface area contributed by atoms with Crippen molar-refractivity contribution in [1.29, 1.82) is 0 Å². The summed E-state index contributed by atoms with van der Waals surface area (Å²) in [5, 5.41) is 12.1. The van der Waals surface area contributed by atoms with Crippen LogP contribution in [0.15, 0.2) is 59.0 Å². The van der Waals surface area contributed by atoms with Gasteiger partial charge in [-0.15, -0.1) is 10.2 Å². The number of rotatable bonds is 6. The molecule has 0 saturated carbocycles. The molecule has 1 heterocycles. The van der Waals surface area contributed by atoms with E-state index in [1.165, 1.54) is 0 Å². The lowest BCUT2D eigenvalue weighted by atomic mass is 10.2. The maximum atomic E-state index is 5.86. The Bertz CT molecular complexity index is 710. The summed E-state index contributed by atoms with van der Waals surface area (Å²) in [6.45, 7) is 1.28. The lowest BCUT2D eigenvalue weighted by Gasteiger charge is -2.02. The van der Waals surface area contributed by atoms with Crippen LogP contribution in [0.1, 0.15) is 22.9 Å². The standard InChI is InChI=1S/C17H16ClN3O/c18-15-8-6-14(7-9-15)11-19-12-17-21-20-16(22-17)10-13-4-2-1-3-5-13/h1-9,19H,10-12H2. The van der Waals surface area contributed by atoms with E-state index < -0.39 is 0 Å². The molecule has 3 aromatic rings. The molecule has 0 aliphatic heterocycles. The van der Waals surface area contributed by atoms with Crippen LogP contribution < -0.4 is 5.32 Å². The lowest BCUT2D eigenvalue weighted by Crippen LogP contribution is -2.12. The van der Waals surface area contributed by atoms with E-state index in [1.807, 2.05) is 54.6 Å². The van der Waals surface area contributed by atoms with Gasteiger partial charge < -0.3 is 9.73 Å². The van der Waals surface area contributed by atoms with Crippen molar-refractivity contribution in [3.63, 3.8) is 0 Å². The maximum Gasteiger partial charge on any atom is 0.230 e. The van der Waals surface area contributed by atoms with Crippen molar-refractivity contribution in [3.8, 4) is 0 Å². The van der Waals surface area contributed by atoms with E-state index in [4.69, 9.17) is 16.0 Å². The molecule has 4 nitrogen and oxygen atoms in total. The van der Waals surface area contributed by atoms with Gasteiger partial charge >= 0.3 is 0 Å². The van der Waals surface area contributed by atoms with E-state index in [1.54, 1.807) is 0 Å². The first-order valence-corrected chi connectivity index (χ1v) is 7.48. The molecule has 1 N–H and O–H groups in total. The van der Waals surface area contributed by atoms with Gasteiger partial charge in [0.05, 0.1) is 13.0 Å². The van der Waals surface area contributed by atoms with E-state index in [0.29, 0.717) is 24.7 Å². The molecule has 0 fully saturated rings. The minimum Gasteiger partial charge on any atom is -0.424 e. The molecule has 5 heteroatoms. The quantitative estimate of drug-likeness (QED) is 0.755. The van der Waals surface area contributed by atoms with Crippen LogP contribution in [-0.2, 0) is 19.5 Å². The lowest BCUT2D eigenvalue weighted by molar-refractivity contribution is 0.438. The minimum atomic E-state index is 0.546. The Kier molecular flexibility index (Phi) is 4.83. The molecule has 0 aliphatic rings. The molecule has 0 spiro atoms. The summed E-state index contributed by atoms with van der Waals surface area (Å²) < 4.78 is 5.64. The Labute approximate surface area is 134 Å². The van der Waals surface area contributed by atoms with Crippen LogP contribution in [-0.4, -0.2) is 10.2 Å². The molecule has 0 atom stereocenters. The van der Waals surface area contributed by atoms with Crippen molar-refractivity contribution in [2.75, 3.05) is 0 Å². The van der Waals surface area contributed by atoms with Gasteiger partial charge in [-0.1, -0.05) is 54.1 Å². The van der Waals surface area contributed by atoms with Crippen molar-refractivity contribution < 1.29 is 4.42 Å². The van der Waals surface area contributed by atoms with Gasteiger partial charge in [0.1, 0.15) is 0 Å². The van der Waals surface area contributed by atoms with Crippen molar-refractivity contribution in [3.05, 3.63) is 82.5 Å². The molecular weight excluding hydrogens is 298 g/mol. The molecule has 0 radical (unpaired) electrons. The van der Waals surface area contributed by atoms with Crippen molar-refractivity contribution >= 4 is 11.6 Å². The molecule has 0 bridgehead atoms. The zero-order valence-electron chi connectivity index (χ0n) is 12.0. The molecule has 0 amide bonds. The fourth-order valence-electron chi connectivity index (χ4n) is 2.12. The first-order valence-electron chi connectivity index (χ1n) is 7.10.